The van der Waals surface area contributed by atoms with Gasteiger partial charge in [-0.25, -0.2) is 0 Å². The fourth-order valence-corrected chi connectivity index (χ4v) is 0.532. The second-order valence-electron chi connectivity index (χ2n) is 1.53. The fourth-order valence-electron chi connectivity index (χ4n) is 0.532. The van der Waals surface area contributed by atoms with Crippen LogP contribution in [-0.4, -0.2) is 6.29 Å². The highest BCUT2D eigenvalue weighted by Crippen LogP contribution is 1.91. The number of hydrogen-bond donors (Lipinski definition) is 0. The molecule has 0 aliphatic carbocycles. The van der Waals surface area contributed by atoms with E-state index in [0.29, 0.717) is 0 Å². The maximum Gasteiger partial charge on any atom is 0.150 e. The van der Waals surface area contributed by atoms with E-state index in [2.05, 4.69) is 0 Å². The molecule has 56 valence electrons. The predicted molar refractivity (Wildman–Crippen MR) is 52.5 cm³/mol. The summed E-state index contributed by atoms with van der Waals surface area (Å²) >= 11 is 0. The Balaban J connectivity index is 0. The van der Waals surface area contributed by atoms with Crippen LogP contribution in [0, 0.1) is 0 Å². The minimum absolute atomic E-state index is 0. The van der Waals surface area contributed by atoms with Gasteiger partial charge >= 0.3 is 0 Å². The monoisotopic (exact) mass is 266 g/mol. The van der Waals surface area contributed by atoms with Crippen molar-refractivity contribution in [3.05, 3.63) is 35.9 Å². The van der Waals surface area contributed by atoms with Crippen molar-refractivity contribution in [3.63, 3.8) is 0 Å². The van der Waals surface area contributed by atoms with Crippen LogP contribution in [0.15, 0.2) is 30.3 Å². The van der Waals surface area contributed by atoms with Crippen molar-refractivity contribution in [2.75, 3.05) is 0 Å². The lowest BCUT2D eigenvalue weighted by Crippen LogP contribution is -1.73. The van der Waals surface area contributed by atoms with Gasteiger partial charge < -0.3 is 0 Å². The lowest BCUT2D eigenvalue weighted by molar-refractivity contribution is 0.112. The molecular formula is C7H8Br2O. The largest absolute Gasteiger partial charge is 0.298 e. The zero-order chi connectivity index (χ0) is 5.82. The Morgan fingerprint density at radius 3 is 1.80 bits per heavy atom. The normalized spacial score (nSPS) is 6.80. The van der Waals surface area contributed by atoms with Crippen LogP contribution in [0.4, 0.5) is 0 Å². The van der Waals surface area contributed by atoms with Crippen molar-refractivity contribution in [1.82, 2.24) is 0 Å². The molecule has 0 saturated carbocycles. The first-order valence-electron chi connectivity index (χ1n) is 2.44. The maximum absolute atomic E-state index is 10.0. The smallest absolute Gasteiger partial charge is 0.150 e. The van der Waals surface area contributed by atoms with Crippen molar-refractivity contribution in [1.29, 1.82) is 0 Å². The highest BCUT2D eigenvalue weighted by Gasteiger charge is 1.79. The molecule has 0 unspecified atom stereocenters. The Morgan fingerprint density at radius 1 is 1.00 bits per heavy atom. The standard InChI is InChI=1S/C7H6O.2BrH/c8-6-7-4-2-1-3-5-7;;/h1-6H;2*1H. The second-order valence-corrected chi connectivity index (χ2v) is 1.53. The molecule has 0 spiro atoms. The Bertz CT molecular complexity index is 174. The van der Waals surface area contributed by atoms with E-state index < -0.39 is 0 Å². The van der Waals surface area contributed by atoms with Gasteiger partial charge in [-0.05, 0) is 0 Å². The molecule has 1 rings (SSSR count). The van der Waals surface area contributed by atoms with Gasteiger partial charge in [0.2, 0.25) is 0 Å². The summed E-state index contributed by atoms with van der Waals surface area (Å²) in [6, 6.07) is 9.10. The van der Waals surface area contributed by atoms with Crippen LogP contribution in [0.2, 0.25) is 0 Å². The topological polar surface area (TPSA) is 17.1 Å². The summed E-state index contributed by atoms with van der Waals surface area (Å²) in [5.74, 6) is 0. The molecule has 0 saturated heterocycles. The van der Waals surface area contributed by atoms with Gasteiger partial charge in [-0.1, -0.05) is 30.3 Å². The van der Waals surface area contributed by atoms with Crippen molar-refractivity contribution >= 4 is 40.2 Å². The van der Waals surface area contributed by atoms with E-state index in [-0.39, 0.29) is 34.0 Å². The minimum Gasteiger partial charge on any atom is -0.298 e. The molecule has 3 heteroatoms. The molecule has 0 bridgehead atoms. The number of benzene rings is 1. The molecule has 0 heterocycles. The van der Waals surface area contributed by atoms with Crippen LogP contribution < -0.4 is 0 Å². The summed E-state index contributed by atoms with van der Waals surface area (Å²) < 4.78 is 0. The minimum atomic E-state index is 0. The first-order chi connectivity index (χ1) is 3.93. The Morgan fingerprint density at radius 2 is 1.50 bits per heavy atom. The molecule has 0 fully saturated rings. The molecule has 0 radical (unpaired) electrons. The third kappa shape index (κ3) is 3.80. The van der Waals surface area contributed by atoms with E-state index in [1.54, 1.807) is 12.1 Å². The molecule has 1 nitrogen and oxygen atoms in total. The molecule has 10 heavy (non-hydrogen) atoms. The zero-order valence-electron chi connectivity index (χ0n) is 5.19. The van der Waals surface area contributed by atoms with E-state index in [0.717, 1.165) is 11.8 Å². The van der Waals surface area contributed by atoms with Gasteiger partial charge in [0.1, 0.15) is 6.29 Å². The van der Waals surface area contributed by atoms with Gasteiger partial charge in [-0.2, -0.15) is 0 Å². The molecule has 1 aromatic rings. The predicted octanol–water partition coefficient (Wildman–Crippen LogP) is 2.65. The Hall–Kier alpha value is -0.150. The molecule has 0 aromatic heterocycles. The third-order valence-corrected chi connectivity index (χ3v) is 0.936. The molecule has 1 aromatic carbocycles. The van der Waals surface area contributed by atoms with Crippen molar-refractivity contribution in [3.8, 4) is 0 Å². The van der Waals surface area contributed by atoms with Crippen molar-refractivity contribution in [2.45, 2.75) is 0 Å². The second kappa shape index (κ2) is 6.96. The number of rotatable bonds is 1. The molecule has 0 atom stereocenters. The molecule has 0 aliphatic heterocycles. The van der Waals surface area contributed by atoms with E-state index in [4.69, 9.17) is 0 Å². The summed E-state index contributed by atoms with van der Waals surface area (Å²) in [6.07, 6.45) is 0.833. The average Bonchev–Trinajstić information content (AvgIpc) is 1.90. The van der Waals surface area contributed by atoms with Gasteiger partial charge in [0.25, 0.3) is 0 Å². The summed E-state index contributed by atoms with van der Waals surface area (Å²) in [5, 5.41) is 0. The van der Waals surface area contributed by atoms with Gasteiger partial charge in [0.05, 0.1) is 0 Å². The zero-order valence-corrected chi connectivity index (χ0v) is 8.61. The quantitative estimate of drug-likeness (QED) is 0.715. The van der Waals surface area contributed by atoms with Crippen LogP contribution in [0.25, 0.3) is 0 Å². The van der Waals surface area contributed by atoms with Crippen molar-refractivity contribution in [2.24, 2.45) is 0 Å². The lowest BCUT2D eigenvalue weighted by Gasteiger charge is -1.81. The van der Waals surface area contributed by atoms with Crippen LogP contribution >= 0.6 is 34.0 Å². The highest BCUT2D eigenvalue weighted by atomic mass is 79.9. The Kier molecular flexibility index (Phi) is 8.72. The highest BCUT2D eigenvalue weighted by molar-refractivity contribution is 8.93. The van der Waals surface area contributed by atoms with Gasteiger partial charge in [-0.15, -0.1) is 34.0 Å². The Labute approximate surface area is 81.0 Å². The maximum atomic E-state index is 10.0. The molecule has 0 N–H and O–H groups in total. The summed E-state index contributed by atoms with van der Waals surface area (Å²) in [6.45, 7) is 0. The van der Waals surface area contributed by atoms with Crippen LogP contribution in [0.5, 0.6) is 0 Å². The van der Waals surface area contributed by atoms with E-state index >= 15 is 0 Å². The molecular weight excluding hydrogens is 260 g/mol. The summed E-state index contributed by atoms with van der Waals surface area (Å²) in [5.41, 5.74) is 0.729. The first-order valence-corrected chi connectivity index (χ1v) is 2.44. The molecule has 0 aliphatic rings. The summed E-state index contributed by atoms with van der Waals surface area (Å²) in [4.78, 5) is 10.0. The number of halogens is 2. The van der Waals surface area contributed by atoms with Gasteiger partial charge in [0.15, 0.2) is 0 Å². The van der Waals surface area contributed by atoms with Crippen LogP contribution in [0.3, 0.4) is 0 Å². The van der Waals surface area contributed by atoms with Crippen molar-refractivity contribution < 1.29 is 4.79 Å². The van der Waals surface area contributed by atoms with Gasteiger partial charge in [0, 0.05) is 5.56 Å². The van der Waals surface area contributed by atoms with E-state index in [9.17, 15) is 4.79 Å². The fraction of sp³-hybridized carbons (Fsp3) is 0. The number of carbonyl (C=O) groups is 1. The number of aldehydes is 1. The van der Waals surface area contributed by atoms with Crippen LogP contribution in [-0.2, 0) is 0 Å². The number of hydrogen-bond acceptors (Lipinski definition) is 1. The van der Waals surface area contributed by atoms with E-state index in [1.807, 2.05) is 18.2 Å². The SMILES string of the molecule is Br.Br.O=Cc1ccccc1. The summed E-state index contributed by atoms with van der Waals surface area (Å²) in [7, 11) is 0. The first kappa shape index (κ1) is 12.5. The number of carbonyl (C=O) groups excluding carboxylic acids is 1. The third-order valence-electron chi connectivity index (χ3n) is 0.936. The molecule has 0 amide bonds. The average molecular weight is 268 g/mol. The van der Waals surface area contributed by atoms with Crippen LogP contribution in [0.1, 0.15) is 10.4 Å². The van der Waals surface area contributed by atoms with Gasteiger partial charge in [-0.3, -0.25) is 4.79 Å². The van der Waals surface area contributed by atoms with E-state index in [1.165, 1.54) is 0 Å². The lowest BCUT2D eigenvalue weighted by atomic mass is 10.2.